The van der Waals surface area contributed by atoms with E-state index >= 15 is 0 Å². The van der Waals surface area contributed by atoms with E-state index < -0.39 is 0 Å². The van der Waals surface area contributed by atoms with Gasteiger partial charge in [0.25, 0.3) is 5.91 Å². The van der Waals surface area contributed by atoms with Gasteiger partial charge in [0.1, 0.15) is 5.82 Å². The van der Waals surface area contributed by atoms with Crippen LogP contribution >= 0.6 is 11.8 Å². The van der Waals surface area contributed by atoms with Crippen LogP contribution in [0.1, 0.15) is 54.7 Å². The van der Waals surface area contributed by atoms with Crippen LogP contribution in [0.4, 0.5) is 5.82 Å². The predicted octanol–water partition coefficient (Wildman–Crippen LogP) is 4.32. The zero-order valence-electron chi connectivity index (χ0n) is 17.1. The van der Waals surface area contributed by atoms with Gasteiger partial charge in [0.2, 0.25) is 0 Å². The van der Waals surface area contributed by atoms with Gasteiger partial charge in [-0.3, -0.25) is 4.79 Å². The summed E-state index contributed by atoms with van der Waals surface area (Å²) in [6.07, 6.45) is 4.47. The number of amides is 1. The Morgan fingerprint density at radius 1 is 1.21 bits per heavy atom. The van der Waals surface area contributed by atoms with Crippen molar-refractivity contribution in [3.63, 3.8) is 0 Å². The molecule has 2 aromatic rings. The van der Waals surface area contributed by atoms with Crippen LogP contribution in [0, 0.1) is 5.92 Å². The maximum atomic E-state index is 12.2. The van der Waals surface area contributed by atoms with Crippen LogP contribution in [0.25, 0.3) is 0 Å². The number of carbonyl (C=O) groups excluding carboxylic acids is 1. The molecule has 28 heavy (non-hydrogen) atoms. The average Bonchev–Trinajstić information content (AvgIpc) is 3.55. The molecule has 0 atom stereocenters. The number of thioether (sulfide) groups is 1. The third-order valence-corrected chi connectivity index (χ3v) is 5.81. The Bertz CT molecular complexity index is 790. The Morgan fingerprint density at radius 3 is 2.61 bits per heavy atom. The standard InChI is InChI=1S/C22H30N4OS/c1-4-12-26(3)20-13-19(5-2)24-22(25-20)28-15-17-8-10-18(11-9-17)21(27)23-14-16-6-7-16/h8-11,13,16H,4-7,12,14-15H2,1-3H3,(H,23,27). The lowest BCUT2D eigenvalue weighted by molar-refractivity contribution is 0.0952. The van der Waals surface area contributed by atoms with Crippen molar-refractivity contribution in [3.8, 4) is 0 Å². The number of aryl methyl sites for hydroxylation is 1. The molecule has 5 nitrogen and oxygen atoms in total. The molecule has 3 rings (SSSR count). The number of anilines is 1. The zero-order chi connectivity index (χ0) is 19.9. The lowest BCUT2D eigenvalue weighted by Gasteiger charge is -2.18. The molecule has 0 bridgehead atoms. The molecular weight excluding hydrogens is 368 g/mol. The second-order valence-corrected chi connectivity index (χ2v) is 8.36. The molecule has 0 aliphatic heterocycles. The van der Waals surface area contributed by atoms with E-state index in [4.69, 9.17) is 4.98 Å². The van der Waals surface area contributed by atoms with E-state index in [0.717, 1.165) is 59.5 Å². The number of benzene rings is 1. The minimum atomic E-state index is 0.0219. The molecule has 6 heteroatoms. The molecule has 1 aromatic heterocycles. The first kappa shape index (κ1) is 20.6. The largest absolute Gasteiger partial charge is 0.360 e. The minimum Gasteiger partial charge on any atom is -0.360 e. The molecule has 1 amide bonds. The highest BCUT2D eigenvalue weighted by Crippen LogP contribution is 2.27. The topological polar surface area (TPSA) is 58.1 Å². The van der Waals surface area contributed by atoms with Gasteiger partial charge in [0, 0.05) is 43.2 Å². The maximum absolute atomic E-state index is 12.2. The quantitative estimate of drug-likeness (QED) is 0.477. The van der Waals surface area contributed by atoms with E-state index in [9.17, 15) is 4.79 Å². The lowest BCUT2D eigenvalue weighted by atomic mass is 10.1. The fourth-order valence-corrected chi connectivity index (χ4v) is 3.74. The Hall–Kier alpha value is -2.08. The highest BCUT2D eigenvalue weighted by Gasteiger charge is 2.21. The third-order valence-electron chi connectivity index (χ3n) is 4.89. The van der Waals surface area contributed by atoms with Crippen molar-refractivity contribution in [1.29, 1.82) is 0 Å². The number of carbonyl (C=O) groups is 1. The minimum absolute atomic E-state index is 0.0219. The summed E-state index contributed by atoms with van der Waals surface area (Å²) in [6.45, 7) is 6.07. The normalized spacial score (nSPS) is 13.4. The van der Waals surface area contributed by atoms with Crippen LogP contribution < -0.4 is 10.2 Å². The van der Waals surface area contributed by atoms with Gasteiger partial charge in [0.15, 0.2) is 5.16 Å². The predicted molar refractivity (Wildman–Crippen MR) is 116 cm³/mol. The molecule has 1 N–H and O–H groups in total. The van der Waals surface area contributed by atoms with Crippen molar-refractivity contribution in [1.82, 2.24) is 15.3 Å². The number of hydrogen-bond acceptors (Lipinski definition) is 5. The Morgan fingerprint density at radius 2 is 1.96 bits per heavy atom. The van der Waals surface area contributed by atoms with Crippen LogP contribution in [0.5, 0.6) is 0 Å². The molecule has 0 saturated heterocycles. The molecule has 0 radical (unpaired) electrons. The van der Waals surface area contributed by atoms with Gasteiger partial charge in [-0.15, -0.1) is 0 Å². The van der Waals surface area contributed by atoms with Crippen molar-refractivity contribution in [2.24, 2.45) is 5.92 Å². The van der Waals surface area contributed by atoms with Crippen LogP contribution in [-0.2, 0) is 12.2 Å². The Labute approximate surface area is 172 Å². The molecule has 0 spiro atoms. The van der Waals surface area contributed by atoms with Crippen molar-refractivity contribution in [2.45, 2.75) is 50.4 Å². The summed E-state index contributed by atoms with van der Waals surface area (Å²) in [6, 6.07) is 9.93. The lowest BCUT2D eigenvalue weighted by Crippen LogP contribution is -2.25. The second kappa shape index (κ2) is 9.92. The molecule has 0 unspecified atom stereocenters. The van der Waals surface area contributed by atoms with Crippen molar-refractivity contribution in [2.75, 3.05) is 25.0 Å². The van der Waals surface area contributed by atoms with Gasteiger partial charge in [-0.05, 0) is 49.3 Å². The maximum Gasteiger partial charge on any atom is 0.251 e. The molecule has 1 saturated carbocycles. The third kappa shape index (κ3) is 5.96. The number of nitrogens with one attached hydrogen (secondary N) is 1. The highest BCUT2D eigenvalue weighted by atomic mass is 32.2. The molecular formula is C22H30N4OS. The fraction of sp³-hybridized carbons (Fsp3) is 0.500. The average molecular weight is 399 g/mol. The summed E-state index contributed by atoms with van der Waals surface area (Å²) in [5.41, 5.74) is 2.96. The molecule has 1 aliphatic rings. The molecule has 1 aliphatic carbocycles. The van der Waals surface area contributed by atoms with Crippen molar-refractivity contribution >= 4 is 23.5 Å². The first-order chi connectivity index (χ1) is 13.6. The van der Waals surface area contributed by atoms with Gasteiger partial charge in [-0.1, -0.05) is 37.7 Å². The summed E-state index contributed by atoms with van der Waals surface area (Å²) in [4.78, 5) is 23.7. The number of hydrogen-bond donors (Lipinski definition) is 1. The van der Waals surface area contributed by atoms with Gasteiger partial charge < -0.3 is 10.2 Å². The molecule has 1 fully saturated rings. The first-order valence-corrected chi connectivity index (χ1v) is 11.2. The first-order valence-electron chi connectivity index (χ1n) is 10.2. The Balaban J connectivity index is 1.59. The monoisotopic (exact) mass is 398 g/mol. The number of rotatable bonds is 10. The molecule has 1 aromatic carbocycles. The number of nitrogens with zero attached hydrogens (tertiary/aromatic N) is 3. The summed E-state index contributed by atoms with van der Waals surface area (Å²) in [5, 5.41) is 3.82. The SMILES string of the molecule is CCCN(C)c1cc(CC)nc(SCc2ccc(C(=O)NCC3CC3)cc2)n1. The van der Waals surface area contributed by atoms with E-state index in [2.05, 4.69) is 42.2 Å². The molecule has 150 valence electrons. The van der Waals surface area contributed by atoms with Gasteiger partial charge in [-0.25, -0.2) is 9.97 Å². The second-order valence-electron chi connectivity index (χ2n) is 7.41. The van der Waals surface area contributed by atoms with Gasteiger partial charge in [-0.2, -0.15) is 0 Å². The van der Waals surface area contributed by atoms with Gasteiger partial charge in [0.05, 0.1) is 0 Å². The van der Waals surface area contributed by atoms with E-state index in [1.165, 1.54) is 12.8 Å². The smallest absolute Gasteiger partial charge is 0.251 e. The summed E-state index contributed by atoms with van der Waals surface area (Å²) in [5.74, 6) is 2.49. The highest BCUT2D eigenvalue weighted by molar-refractivity contribution is 7.98. The molecule has 1 heterocycles. The summed E-state index contributed by atoms with van der Waals surface area (Å²) < 4.78 is 0. The van der Waals surface area contributed by atoms with E-state index in [-0.39, 0.29) is 5.91 Å². The zero-order valence-corrected chi connectivity index (χ0v) is 17.9. The summed E-state index contributed by atoms with van der Waals surface area (Å²) >= 11 is 1.64. The van der Waals surface area contributed by atoms with Crippen LogP contribution in [0.3, 0.4) is 0 Å². The van der Waals surface area contributed by atoms with Gasteiger partial charge >= 0.3 is 0 Å². The fourth-order valence-electron chi connectivity index (χ4n) is 2.91. The summed E-state index contributed by atoms with van der Waals surface area (Å²) in [7, 11) is 2.08. The van der Waals surface area contributed by atoms with E-state index in [1.807, 2.05) is 24.3 Å². The van der Waals surface area contributed by atoms with Crippen LogP contribution in [0.2, 0.25) is 0 Å². The van der Waals surface area contributed by atoms with E-state index in [1.54, 1.807) is 11.8 Å². The number of aromatic nitrogens is 2. The van der Waals surface area contributed by atoms with E-state index in [0.29, 0.717) is 5.92 Å². The Kier molecular flexibility index (Phi) is 7.31. The van der Waals surface area contributed by atoms with Crippen molar-refractivity contribution in [3.05, 3.63) is 47.2 Å². The van der Waals surface area contributed by atoms with Crippen LogP contribution in [0.15, 0.2) is 35.5 Å². The van der Waals surface area contributed by atoms with Crippen LogP contribution in [-0.4, -0.2) is 36.0 Å². The van der Waals surface area contributed by atoms with Crippen molar-refractivity contribution < 1.29 is 4.79 Å².